The van der Waals surface area contributed by atoms with Gasteiger partial charge in [0.25, 0.3) is 0 Å². The number of amides is 1. The minimum absolute atomic E-state index is 0.0321. The van der Waals surface area contributed by atoms with Crippen LogP contribution in [-0.2, 0) is 11.3 Å². The van der Waals surface area contributed by atoms with Crippen LogP contribution in [0.4, 0.5) is 0 Å². The number of pyridine rings is 1. The number of hydrogen-bond acceptors (Lipinski definition) is 4. The lowest BCUT2D eigenvalue weighted by molar-refractivity contribution is -0.131. The molecule has 1 atom stereocenters. The molecule has 0 bridgehead atoms. The Balaban J connectivity index is 2.59. The number of likely N-dealkylation sites (N-methyl/N-ethyl adjacent to an activating group) is 1. The standard InChI is InChI=1S/C13H21N3O2/c1-5-16(4)13(18)10(3)14-8-11-12(17)7-6-9(2)15-11/h6-7,10,14,17H,5,8H2,1-4H3. The van der Waals surface area contributed by atoms with Crippen LogP contribution in [-0.4, -0.2) is 40.5 Å². The van der Waals surface area contributed by atoms with E-state index in [0.29, 0.717) is 18.8 Å². The van der Waals surface area contributed by atoms with Crippen LogP contribution in [0.1, 0.15) is 25.2 Å². The van der Waals surface area contributed by atoms with E-state index in [1.807, 2.05) is 13.8 Å². The Kier molecular flexibility index (Phi) is 5.09. The van der Waals surface area contributed by atoms with Gasteiger partial charge in [0, 0.05) is 25.8 Å². The van der Waals surface area contributed by atoms with Crippen molar-refractivity contribution >= 4 is 5.91 Å². The number of aromatic nitrogens is 1. The van der Waals surface area contributed by atoms with Crippen molar-refractivity contribution in [1.82, 2.24) is 15.2 Å². The van der Waals surface area contributed by atoms with Gasteiger partial charge in [-0.3, -0.25) is 9.78 Å². The topological polar surface area (TPSA) is 65.5 Å². The summed E-state index contributed by atoms with van der Waals surface area (Å²) in [6, 6.07) is 3.07. The molecule has 100 valence electrons. The summed E-state index contributed by atoms with van der Waals surface area (Å²) in [5.74, 6) is 0.182. The van der Waals surface area contributed by atoms with E-state index in [-0.39, 0.29) is 17.7 Å². The zero-order valence-corrected chi connectivity index (χ0v) is 11.4. The van der Waals surface area contributed by atoms with Gasteiger partial charge >= 0.3 is 0 Å². The second kappa shape index (κ2) is 6.35. The van der Waals surface area contributed by atoms with Gasteiger partial charge in [-0.1, -0.05) is 0 Å². The molecule has 2 N–H and O–H groups in total. The quantitative estimate of drug-likeness (QED) is 0.821. The largest absolute Gasteiger partial charge is 0.506 e. The van der Waals surface area contributed by atoms with Gasteiger partial charge in [-0.15, -0.1) is 0 Å². The molecule has 0 fully saturated rings. The van der Waals surface area contributed by atoms with Crippen molar-refractivity contribution in [3.8, 4) is 5.75 Å². The highest BCUT2D eigenvalue weighted by Crippen LogP contribution is 2.14. The number of nitrogens with one attached hydrogen (secondary N) is 1. The van der Waals surface area contributed by atoms with E-state index in [2.05, 4.69) is 10.3 Å². The van der Waals surface area contributed by atoms with E-state index in [4.69, 9.17) is 0 Å². The van der Waals surface area contributed by atoms with E-state index >= 15 is 0 Å². The van der Waals surface area contributed by atoms with E-state index in [9.17, 15) is 9.90 Å². The maximum atomic E-state index is 11.8. The van der Waals surface area contributed by atoms with Crippen molar-refractivity contribution < 1.29 is 9.90 Å². The molecule has 1 unspecified atom stereocenters. The van der Waals surface area contributed by atoms with Gasteiger partial charge in [0.15, 0.2) is 0 Å². The summed E-state index contributed by atoms with van der Waals surface area (Å²) in [4.78, 5) is 17.7. The van der Waals surface area contributed by atoms with Crippen molar-refractivity contribution in [2.45, 2.75) is 33.4 Å². The number of rotatable bonds is 5. The molecule has 0 spiro atoms. The summed E-state index contributed by atoms with van der Waals surface area (Å²) in [6.07, 6.45) is 0. The molecule has 1 heterocycles. The molecule has 0 aliphatic heterocycles. The molecule has 1 rings (SSSR count). The van der Waals surface area contributed by atoms with Gasteiger partial charge in [0.1, 0.15) is 5.75 Å². The highest BCUT2D eigenvalue weighted by Gasteiger charge is 2.16. The number of nitrogens with zero attached hydrogens (tertiary/aromatic N) is 2. The van der Waals surface area contributed by atoms with Gasteiger partial charge in [-0.2, -0.15) is 0 Å². The fourth-order valence-electron chi connectivity index (χ4n) is 1.56. The number of aryl methyl sites for hydroxylation is 1. The van der Waals surface area contributed by atoms with Gasteiger partial charge in [-0.25, -0.2) is 0 Å². The minimum Gasteiger partial charge on any atom is -0.506 e. The van der Waals surface area contributed by atoms with Gasteiger partial charge in [0.2, 0.25) is 5.91 Å². The highest BCUT2D eigenvalue weighted by atomic mass is 16.3. The first kappa shape index (κ1) is 14.4. The Morgan fingerprint density at radius 1 is 1.56 bits per heavy atom. The fourth-order valence-corrected chi connectivity index (χ4v) is 1.56. The molecule has 1 aromatic rings. The summed E-state index contributed by atoms with van der Waals surface area (Å²) >= 11 is 0. The van der Waals surface area contributed by atoms with Crippen LogP contribution < -0.4 is 5.32 Å². The van der Waals surface area contributed by atoms with Crippen LogP contribution in [0.2, 0.25) is 0 Å². The molecule has 1 amide bonds. The zero-order valence-electron chi connectivity index (χ0n) is 11.4. The Morgan fingerprint density at radius 3 is 2.83 bits per heavy atom. The smallest absolute Gasteiger partial charge is 0.239 e. The molecular weight excluding hydrogens is 230 g/mol. The lowest BCUT2D eigenvalue weighted by atomic mass is 10.2. The summed E-state index contributed by atoms with van der Waals surface area (Å²) in [5.41, 5.74) is 1.41. The highest BCUT2D eigenvalue weighted by molar-refractivity contribution is 5.81. The Labute approximate surface area is 108 Å². The monoisotopic (exact) mass is 251 g/mol. The zero-order chi connectivity index (χ0) is 13.7. The molecular formula is C13H21N3O2. The van der Waals surface area contributed by atoms with E-state index in [1.54, 1.807) is 31.0 Å². The Bertz CT molecular complexity index is 421. The lowest BCUT2D eigenvalue weighted by Crippen LogP contribution is -2.42. The predicted molar refractivity (Wildman–Crippen MR) is 70.3 cm³/mol. The first-order valence-corrected chi connectivity index (χ1v) is 6.09. The number of carbonyl (C=O) groups is 1. The maximum absolute atomic E-state index is 11.8. The van der Waals surface area contributed by atoms with Crippen LogP contribution in [0.15, 0.2) is 12.1 Å². The molecule has 0 aliphatic rings. The summed E-state index contributed by atoms with van der Waals surface area (Å²) < 4.78 is 0. The van der Waals surface area contributed by atoms with Gasteiger partial charge in [-0.05, 0) is 32.9 Å². The fraction of sp³-hybridized carbons (Fsp3) is 0.538. The molecule has 0 saturated heterocycles. The Morgan fingerprint density at radius 2 is 2.22 bits per heavy atom. The summed E-state index contributed by atoms with van der Waals surface area (Å²) in [5, 5.41) is 12.7. The SMILES string of the molecule is CCN(C)C(=O)C(C)NCc1nc(C)ccc1O. The summed E-state index contributed by atoms with van der Waals surface area (Å²) in [6.45, 7) is 6.65. The second-order valence-corrected chi connectivity index (χ2v) is 4.37. The van der Waals surface area contributed by atoms with E-state index < -0.39 is 0 Å². The van der Waals surface area contributed by atoms with Crippen molar-refractivity contribution in [1.29, 1.82) is 0 Å². The van der Waals surface area contributed by atoms with E-state index in [0.717, 1.165) is 5.69 Å². The van der Waals surface area contributed by atoms with Crippen molar-refractivity contribution in [3.05, 3.63) is 23.5 Å². The predicted octanol–water partition coefficient (Wildman–Crippen LogP) is 1.05. The normalized spacial score (nSPS) is 12.2. The molecule has 5 heteroatoms. The van der Waals surface area contributed by atoms with Crippen molar-refractivity contribution in [2.75, 3.05) is 13.6 Å². The average Bonchev–Trinajstić information content (AvgIpc) is 2.37. The van der Waals surface area contributed by atoms with Crippen LogP contribution in [0, 0.1) is 6.92 Å². The number of carbonyl (C=O) groups excluding carboxylic acids is 1. The van der Waals surface area contributed by atoms with E-state index in [1.165, 1.54) is 0 Å². The van der Waals surface area contributed by atoms with Crippen molar-refractivity contribution in [2.24, 2.45) is 0 Å². The second-order valence-electron chi connectivity index (χ2n) is 4.37. The molecule has 5 nitrogen and oxygen atoms in total. The summed E-state index contributed by atoms with van der Waals surface area (Å²) in [7, 11) is 1.77. The van der Waals surface area contributed by atoms with Crippen LogP contribution in [0.3, 0.4) is 0 Å². The van der Waals surface area contributed by atoms with Gasteiger partial charge < -0.3 is 15.3 Å². The van der Waals surface area contributed by atoms with Crippen LogP contribution >= 0.6 is 0 Å². The third-order valence-corrected chi connectivity index (χ3v) is 2.89. The first-order valence-electron chi connectivity index (χ1n) is 6.09. The molecule has 0 radical (unpaired) electrons. The lowest BCUT2D eigenvalue weighted by Gasteiger charge is -2.20. The maximum Gasteiger partial charge on any atom is 0.239 e. The minimum atomic E-state index is -0.295. The van der Waals surface area contributed by atoms with Crippen molar-refractivity contribution in [3.63, 3.8) is 0 Å². The van der Waals surface area contributed by atoms with Crippen LogP contribution in [0.5, 0.6) is 5.75 Å². The molecule has 0 saturated carbocycles. The Hall–Kier alpha value is -1.62. The first-order chi connectivity index (χ1) is 8.45. The molecule has 1 aromatic heterocycles. The van der Waals surface area contributed by atoms with Crippen LogP contribution in [0.25, 0.3) is 0 Å². The molecule has 0 aromatic carbocycles. The third-order valence-electron chi connectivity index (χ3n) is 2.89. The average molecular weight is 251 g/mol. The number of hydrogen-bond donors (Lipinski definition) is 2. The molecule has 0 aliphatic carbocycles. The third kappa shape index (κ3) is 3.70. The van der Waals surface area contributed by atoms with Gasteiger partial charge in [0.05, 0.1) is 11.7 Å². The molecule has 18 heavy (non-hydrogen) atoms. The number of aromatic hydroxyl groups is 1.